The Labute approximate surface area is 199 Å². The molecule has 0 aliphatic heterocycles. The Balaban J connectivity index is 2.47. The van der Waals surface area contributed by atoms with E-state index in [9.17, 15) is 0 Å². The monoisotopic (exact) mass is 524 g/mol. The maximum absolute atomic E-state index is 7.70. The van der Waals surface area contributed by atoms with E-state index < -0.39 is 9.98 Å². The zero-order valence-electron chi connectivity index (χ0n) is 14.8. The summed E-state index contributed by atoms with van der Waals surface area (Å²) in [4.78, 5) is 0. The van der Waals surface area contributed by atoms with Crippen LogP contribution in [0.2, 0.25) is 0 Å². The minimum atomic E-state index is -4.19. The summed E-state index contributed by atoms with van der Waals surface area (Å²) in [6.07, 6.45) is -4.19. The normalized spacial score (nSPS) is 13.2. The van der Waals surface area contributed by atoms with Crippen LogP contribution in [0.4, 0.5) is 0 Å². The van der Waals surface area contributed by atoms with Crippen molar-refractivity contribution < 1.29 is 4.52 Å². The molecule has 0 saturated heterocycles. The standard InChI is InChI=1S/C21H15Cl6OP/c22-20(23)19(21(24,25)26)28-29(27,16-10-4-1-5-11-16,17-12-6-2-7-13-17)18-14-8-3-9-15-18/h1-15H. The summed E-state index contributed by atoms with van der Waals surface area (Å²) >= 11 is 38.4. The van der Waals surface area contributed by atoms with Gasteiger partial charge in [0.15, 0.2) is 0 Å². The molecule has 29 heavy (non-hydrogen) atoms. The predicted molar refractivity (Wildman–Crippen MR) is 131 cm³/mol. The van der Waals surface area contributed by atoms with Crippen LogP contribution in [0.3, 0.4) is 0 Å². The van der Waals surface area contributed by atoms with Crippen molar-refractivity contribution in [2.75, 3.05) is 0 Å². The van der Waals surface area contributed by atoms with Gasteiger partial charge >= 0.3 is 201 Å². The number of hydrogen-bond acceptors (Lipinski definition) is 1. The number of benzene rings is 3. The van der Waals surface area contributed by atoms with Crippen molar-refractivity contribution in [3.8, 4) is 0 Å². The van der Waals surface area contributed by atoms with Gasteiger partial charge in [-0.05, 0) is 0 Å². The summed E-state index contributed by atoms with van der Waals surface area (Å²) in [5, 5.41) is 2.12. The molecule has 0 aliphatic carbocycles. The molecule has 0 atom stereocenters. The summed E-state index contributed by atoms with van der Waals surface area (Å²) in [6, 6.07) is 28.2. The Morgan fingerprint density at radius 1 is 0.621 bits per heavy atom. The second-order valence-corrected chi connectivity index (χ2v) is 14.9. The van der Waals surface area contributed by atoms with E-state index in [0.717, 1.165) is 0 Å². The number of hydrogen-bond donors (Lipinski definition) is 0. The van der Waals surface area contributed by atoms with E-state index in [-0.39, 0.29) is 10.3 Å². The second-order valence-electron chi connectivity index (χ2n) is 6.12. The van der Waals surface area contributed by atoms with E-state index in [1.807, 2.05) is 91.0 Å². The molecule has 0 unspecified atom stereocenters. The van der Waals surface area contributed by atoms with Gasteiger partial charge in [-0.3, -0.25) is 0 Å². The molecule has 152 valence electrons. The minimum absolute atomic E-state index is 0.241. The first-order valence-corrected chi connectivity index (χ1v) is 13.4. The molecule has 0 fully saturated rings. The van der Waals surface area contributed by atoms with Crippen molar-refractivity contribution in [2.24, 2.45) is 0 Å². The van der Waals surface area contributed by atoms with Gasteiger partial charge < -0.3 is 0 Å². The van der Waals surface area contributed by atoms with Crippen LogP contribution in [0.5, 0.6) is 0 Å². The van der Waals surface area contributed by atoms with Crippen molar-refractivity contribution in [1.29, 1.82) is 0 Å². The molecule has 3 aromatic rings. The Morgan fingerprint density at radius 2 is 0.931 bits per heavy atom. The van der Waals surface area contributed by atoms with Crippen LogP contribution in [0.15, 0.2) is 101 Å². The molecular formula is C21H15Cl6OP. The molecule has 0 bridgehead atoms. The Kier molecular flexibility index (Phi) is 7.03. The van der Waals surface area contributed by atoms with Gasteiger partial charge in [-0.1, -0.05) is 0 Å². The molecular weight excluding hydrogens is 512 g/mol. The van der Waals surface area contributed by atoms with E-state index in [1.165, 1.54) is 0 Å². The molecule has 0 saturated carbocycles. The van der Waals surface area contributed by atoms with E-state index in [2.05, 4.69) is 0 Å². The molecule has 3 aromatic carbocycles. The Bertz CT molecular complexity index is 900. The molecule has 0 radical (unpaired) electrons. The fraction of sp³-hybridized carbons (Fsp3) is 0.0476. The molecule has 0 aromatic heterocycles. The SMILES string of the molecule is ClC(Cl)=C(OP(Cl)(c1ccccc1)(c1ccccc1)c1ccccc1)C(Cl)(Cl)Cl. The summed E-state index contributed by atoms with van der Waals surface area (Å²) in [5.74, 6) is -0.241. The molecule has 0 aliphatic rings. The molecule has 0 amide bonds. The van der Waals surface area contributed by atoms with E-state index >= 15 is 0 Å². The first-order chi connectivity index (χ1) is 13.7. The van der Waals surface area contributed by atoms with E-state index in [0.29, 0.717) is 15.9 Å². The van der Waals surface area contributed by atoms with E-state index in [1.54, 1.807) is 0 Å². The van der Waals surface area contributed by atoms with Crippen LogP contribution in [-0.4, -0.2) is 3.79 Å². The average molecular weight is 527 g/mol. The van der Waals surface area contributed by atoms with Crippen LogP contribution in [0, 0.1) is 0 Å². The van der Waals surface area contributed by atoms with Gasteiger partial charge in [0.2, 0.25) is 0 Å². The number of allylic oxidation sites excluding steroid dienone is 1. The second kappa shape index (κ2) is 8.85. The molecule has 0 spiro atoms. The summed E-state index contributed by atoms with van der Waals surface area (Å²) in [6.45, 7) is 0. The number of halogens is 6. The molecule has 1 nitrogen and oxygen atoms in total. The van der Waals surface area contributed by atoms with Gasteiger partial charge in [-0.25, -0.2) is 0 Å². The first kappa shape index (κ1) is 23.0. The third-order valence-corrected chi connectivity index (χ3v) is 11.4. The quantitative estimate of drug-likeness (QED) is 0.189. The van der Waals surface area contributed by atoms with Crippen LogP contribution < -0.4 is 15.9 Å². The summed E-state index contributed by atoms with van der Waals surface area (Å²) < 4.78 is 4.18. The van der Waals surface area contributed by atoms with Crippen molar-refractivity contribution >= 4 is 91.3 Å². The van der Waals surface area contributed by atoms with Crippen LogP contribution in [0.1, 0.15) is 0 Å². The average Bonchev–Trinajstić information content (AvgIpc) is 2.73. The van der Waals surface area contributed by atoms with Crippen molar-refractivity contribution in [2.45, 2.75) is 3.79 Å². The summed E-state index contributed by atoms with van der Waals surface area (Å²) in [7, 11) is 0. The Hall–Kier alpha value is -0.630. The topological polar surface area (TPSA) is 9.23 Å². The fourth-order valence-electron chi connectivity index (χ4n) is 3.05. The van der Waals surface area contributed by atoms with Crippen LogP contribution >= 0.6 is 75.4 Å². The summed E-state index contributed by atoms with van der Waals surface area (Å²) in [5.41, 5.74) is 0. The van der Waals surface area contributed by atoms with Crippen molar-refractivity contribution in [1.82, 2.24) is 0 Å². The fourth-order valence-corrected chi connectivity index (χ4v) is 9.49. The van der Waals surface area contributed by atoms with Gasteiger partial charge in [-0.2, -0.15) is 0 Å². The van der Waals surface area contributed by atoms with Gasteiger partial charge in [0.1, 0.15) is 0 Å². The van der Waals surface area contributed by atoms with E-state index in [4.69, 9.17) is 73.8 Å². The van der Waals surface area contributed by atoms with Gasteiger partial charge in [-0.15, -0.1) is 0 Å². The number of rotatable bonds is 5. The molecule has 0 N–H and O–H groups in total. The molecule has 8 heteroatoms. The van der Waals surface area contributed by atoms with Gasteiger partial charge in [0, 0.05) is 0 Å². The van der Waals surface area contributed by atoms with Crippen LogP contribution in [0.25, 0.3) is 0 Å². The Morgan fingerprint density at radius 3 is 1.17 bits per heavy atom. The third-order valence-electron chi connectivity index (χ3n) is 4.34. The zero-order valence-corrected chi connectivity index (χ0v) is 20.2. The predicted octanol–water partition coefficient (Wildman–Crippen LogP) is 7.62. The number of alkyl halides is 3. The molecule has 3 rings (SSSR count). The van der Waals surface area contributed by atoms with Gasteiger partial charge in [0.25, 0.3) is 0 Å². The van der Waals surface area contributed by atoms with Crippen molar-refractivity contribution in [3.63, 3.8) is 0 Å². The van der Waals surface area contributed by atoms with Crippen LogP contribution in [-0.2, 0) is 4.52 Å². The van der Waals surface area contributed by atoms with Gasteiger partial charge in [0.05, 0.1) is 0 Å². The van der Waals surface area contributed by atoms with Crippen molar-refractivity contribution in [3.05, 3.63) is 101 Å². The third kappa shape index (κ3) is 4.39. The first-order valence-electron chi connectivity index (χ1n) is 8.40. The maximum atomic E-state index is 7.70. The zero-order chi connectivity index (χ0) is 21.1. The molecule has 0 heterocycles.